The molecule has 0 aliphatic heterocycles. The Morgan fingerprint density at radius 3 is 2.06 bits per heavy atom. The highest BCUT2D eigenvalue weighted by molar-refractivity contribution is 5.87. The lowest BCUT2D eigenvalue weighted by Crippen LogP contribution is -2.56. The van der Waals surface area contributed by atoms with E-state index < -0.39 is 11.5 Å². The van der Waals surface area contributed by atoms with Gasteiger partial charge in [-0.1, -0.05) is 13.8 Å². The van der Waals surface area contributed by atoms with Crippen molar-refractivity contribution in [2.45, 2.75) is 40.2 Å². The van der Waals surface area contributed by atoms with Crippen LogP contribution in [0.4, 0.5) is 0 Å². The second kappa shape index (κ2) is 6.00. The number of likely N-dealkylation sites (N-methyl/N-ethyl adjacent to an activating group) is 1. The first-order valence-electron chi connectivity index (χ1n) is 5.95. The molecule has 0 saturated carbocycles. The summed E-state index contributed by atoms with van der Waals surface area (Å²) < 4.78 is 0. The standard InChI is InChI=1S/C12H24N2O3/c1-6-14(12(4,5)11(16)17)10(15)9(7-13)8(2)3/h8-9H,6-7,13H2,1-5H3,(H,16,17). The van der Waals surface area contributed by atoms with Crippen LogP contribution in [-0.4, -0.2) is 40.5 Å². The number of nitrogens with two attached hydrogens (primary N) is 1. The number of amides is 1. The normalized spacial score (nSPS) is 13.6. The fourth-order valence-electron chi connectivity index (χ4n) is 1.80. The number of carboxylic acids is 1. The van der Waals surface area contributed by atoms with Gasteiger partial charge in [0.2, 0.25) is 5.91 Å². The van der Waals surface area contributed by atoms with Crippen molar-refractivity contribution in [3.8, 4) is 0 Å². The first-order chi connectivity index (χ1) is 7.69. The fraction of sp³-hybridized carbons (Fsp3) is 0.833. The molecule has 3 N–H and O–H groups in total. The Morgan fingerprint density at radius 1 is 1.35 bits per heavy atom. The summed E-state index contributed by atoms with van der Waals surface area (Å²) in [4.78, 5) is 24.8. The van der Waals surface area contributed by atoms with Crippen molar-refractivity contribution < 1.29 is 14.7 Å². The van der Waals surface area contributed by atoms with Crippen LogP contribution in [0.1, 0.15) is 34.6 Å². The Kier molecular flexibility index (Phi) is 5.61. The zero-order valence-electron chi connectivity index (χ0n) is 11.4. The van der Waals surface area contributed by atoms with E-state index in [0.717, 1.165) is 0 Å². The van der Waals surface area contributed by atoms with Gasteiger partial charge in [-0.25, -0.2) is 4.79 Å². The van der Waals surface area contributed by atoms with Gasteiger partial charge in [0.1, 0.15) is 5.54 Å². The number of carboxylic acid groups (broad SMARTS) is 1. The average Bonchev–Trinajstić information content (AvgIpc) is 2.18. The van der Waals surface area contributed by atoms with Gasteiger partial charge in [-0.3, -0.25) is 4.79 Å². The second-order valence-electron chi connectivity index (χ2n) is 5.03. The zero-order chi connectivity index (χ0) is 13.8. The number of nitrogens with zero attached hydrogens (tertiary/aromatic N) is 1. The van der Waals surface area contributed by atoms with Crippen molar-refractivity contribution in [2.24, 2.45) is 17.6 Å². The van der Waals surface area contributed by atoms with Gasteiger partial charge in [0.15, 0.2) is 0 Å². The van der Waals surface area contributed by atoms with Crippen LogP contribution >= 0.6 is 0 Å². The van der Waals surface area contributed by atoms with Crippen LogP contribution in [0.5, 0.6) is 0 Å². The van der Waals surface area contributed by atoms with E-state index in [1.165, 1.54) is 18.7 Å². The molecule has 17 heavy (non-hydrogen) atoms. The Bertz CT molecular complexity index is 287. The maximum Gasteiger partial charge on any atom is 0.329 e. The molecule has 0 radical (unpaired) electrons. The minimum atomic E-state index is -1.20. The Balaban J connectivity index is 5.14. The smallest absolute Gasteiger partial charge is 0.329 e. The van der Waals surface area contributed by atoms with Gasteiger partial charge in [0.05, 0.1) is 5.92 Å². The molecule has 5 heteroatoms. The number of rotatable bonds is 6. The molecule has 5 nitrogen and oxygen atoms in total. The van der Waals surface area contributed by atoms with E-state index in [0.29, 0.717) is 6.54 Å². The highest BCUT2D eigenvalue weighted by Gasteiger charge is 2.39. The first-order valence-corrected chi connectivity index (χ1v) is 5.95. The van der Waals surface area contributed by atoms with E-state index in [4.69, 9.17) is 10.8 Å². The van der Waals surface area contributed by atoms with Gasteiger partial charge in [0.25, 0.3) is 0 Å². The molecule has 0 fully saturated rings. The number of hydrogen-bond acceptors (Lipinski definition) is 3. The molecule has 1 unspecified atom stereocenters. The molecule has 0 aromatic rings. The van der Waals surface area contributed by atoms with Crippen LogP contribution in [0.25, 0.3) is 0 Å². The van der Waals surface area contributed by atoms with Crippen LogP contribution < -0.4 is 5.73 Å². The third-order valence-corrected chi connectivity index (χ3v) is 3.16. The van der Waals surface area contributed by atoms with Gasteiger partial charge in [-0.15, -0.1) is 0 Å². The summed E-state index contributed by atoms with van der Waals surface area (Å²) in [5, 5.41) is 9.16. The molecule has 0 spiro atoms. The van der Waals surface area contributed by atoms with Gasteiger partial charge in [-0.2, -0.15) is 0 Å². The van der Waals surface area contributed by atoms with E-state index in [1.54, 1.807) is 6.92 Å². The van der Waals surface area contributed by atoms with Crippen LogP contribution in [0, 0.1) is 11.8 Å². The van der Waals surface area contributed by atoms with E-state index in [9.17, 15) is 9.59 Å². The molecular formula is C12H24N2O3. The fourth-order valence-corrected chi connectivity index (χ4v) is 1.80. The van der Waals surface area contributed by atoms with E-state index >= 15 is 0 Å². The van der Waals surface area contributed by atoms with E-state index in [-0.39, 0.29) is 24.3 Å². The lowest BCUT2D eigenvalue weighted by atomic mass is 9.92. The molecule has 0 aliphatic rings. The van der Waals surface area contributed by atoms with Crippen LogP contribution in [0.3, 0.4) is 0 Å². The predicted octanol–water partition coefficient (Wildman–Crippen LogP) is 0.929. The minimum absolute atomic E-state index is 0.103. The molecule has 0 bridgehead atoms. The van der Waals surface area contributed by atoms with Crippen LogP contribution in [0.15, 0.2) is 0 Å². The third-order valence-electron chi connectivity index (χ3n) is 3.16. The highest BCUT2D eigenvalue weighted by Crippen LogP contribution is 2.21. The van der Waals surface area contributed by atoms with Crippen molar-refractivity contribution in [3.05, 3.63) is 0 Å². The quantitative estimate of drug-likeness (QED) is 0.728. The molecule has 0 aromatic carbocycles. The van der Waals surface area contributed by atoms with Crippen molar-refractivity contribution in [2.75, 3.05) is 13.1 Å². The van der Waals surface area contributed by atoms with Gasteiger partial charge >= 0.3 is 5.97 Å². The van der Waals surface area contributed by atoms with Gasteiger partial charge < -0.3 is 15.7 Å². The first kappa shape index (κ1) is 15.9. The third kappa shape index (κ3) is 3.43. The lowest BCUT2D eigenvalue weighted by Gasteiger charge is -2.37. The molecule has 0 heterocycles. The molecule has 0 aliphatic carbocycles. The number of aliphatic carboxylic acids is 1. The summed E-state index contributed by atoms with van der Waals surface area (Å²) in [6.45, 7) is 9.27. The topological polar surface area (TPSA) is 83.6 Å². The summed E-state index contributed by atoms with van der Waals surface area (Å²) in [5.74, 6) is -1.41. The van der Waals surface area contributed by atoms with Crippen LogP contribution in [0.2, 0.25) is 0 Å². The van der Waals surface area contributed by atoms with Crippen molar-refractivity contribution in [1.29, 1.82) is 0 Å². The van der Waals surface area contributed by atoms with Gasteiger partial charge in [-0.05, 0) is 26.7 Å². The molecule has 100 valence electrons. The average molecular weight is 244 g/mol. The zero-order valence-corrected chi connectivity index (χ0v) is 11.4. The molecule has 1 amide bonds. The largest absolute Gasteiger partial charge is 0.480 e. The van der Waals surface area contributed by atoms with Gasteiger partial charge in [0, 0.05) is 13.1 Å². The predicted molar refractivity (Wildman–Crippen MR) is 66.5 cm³/mol. The maximum absolute atomic E-state index is 12.3. The molecule has 0 rings (SSSR count). The Morgan fingerprint density at radius 2 is 1.82 bits per heavy atom. The van der Waals surface area contributed by atoms with Crippen molar-refractivity contribution >= 4 is 11.9 Å². The number of carbonyl (C=O) groups excluding carboxylic acids is 1. The molecule has 0 aromatic heterocycles. The van der Waals surface area contributed by atoms with Crippen LogP contribution in [-0.2, 0) is 9.59 Å². The highest BCUT2D eigenvalue weighted by atomic mass is 16.4. The summed E-state index contributed by atoms with van der Waals surface area (Å²) in [7, 11) is 0. The van der Waals surface area contributed by atoms with E-state index in [1.807, 2.05) is 13.8 Å². The monoisotopic (exact) mass is 244 g/mol. The molecule has 1 atom stereocenters. The van der Waals surface area contributed by atoms with E-state index in [2.05, 4.69) is 0 Å². The summed E-state index contributed by atoms with van der Waals surface area (Å²) in [6.07, 6.45) is 0. The molecular weight excluding hydrogens is 220 g/mol. The Hall–Kier alpha value is -1.10. The summed E-state index contributed by atoms with van der Waals surface area (Å²) in [6, 6.07) is 0. The van der Waals surface area contributed by atoms with Crippen molar-refractivity contribution in [1.82, 2.24) is 4.90 Å². The minimum Gasteiger partial charge on any atom is -0.480 e. The SMILES string of the molecule is CCN(C(=O)C(CN)C(C)C)C(C)(C)C(=O)O. The van der Waals surface area contributed by atoms with Crippen molar-refractivity contribution in [3.63, 3.8) is 0 Å². The molecule has 0 saturated heterocycles. The Labute approximate surface area is 103 Å². The second-order valence-corrected chi connectivity index (χ2v) is 5.03. The summed E-state index contributed by atoms with van der Waals surface area (Å²) in [5.41, 5.74) is 4.39. The maximum atomic E-state index is 12.3. The number of carbonyl (C=O) groups is 2. The number of hydrogen-bond donors (Lipinski definition) is 2. The summed E-state index contributed by atoms with van der Waals surface area (Å²) >= 11 is 0. The lowest BCUT2D eigenvalue weighted by molar-refractivity contribution is -0.159.